The molecule has 6 heteroatoms. The Kier molecular flexibility index (Phi) is 5.60. The first-order valence-corrected chi connectivity index (χ1v) is 9.51. The SMILES string of the molecule is CCOc1ccc(Br)cc1-c1cc(-c2ccc(Br)cc2)nc(N)c1C#N. The first-order valence-electron chi connectivity index (χ1n) is 7.92. The summed E-state index contributed by atoms with van der Waals surface area (Å²) in [7, 11) is 0. The van der Waals surface area contributed by atoms with Crippen LogP contribution in [0.1, 0.15) is 12.5 Å². The molecule has 2 aromatic carbocycles. The zero-order valence-corrected chi connectivity index (χ0v) is 17.1. The molecular formula is C20H15Br2N3O. The van der Waals surface area contributed by atoms with Crippen LogP contribution in [-0.4, -0.2) is 11.6 Å². The summed E-state index contributed by atoms with van der Waals surface area (Å²) in [5.74, 6) is 0.893. The molecule has 4 nitrogen and oxygen atoms in total. The first-order chi connectivity index (χ1) is 12.5. The summed E-state index contributed by atoms with van der Waals surface area (Å²) in [6, 6.07) is 17.5. The largest absolute Gasteiger partial charge is 0.493 e. The number of ether oxygens (including phenoxy) is 1. The van der Waals surface area contributed by atoms with Crippen LogP contribution >= 0.6 is 31.9 Å². The maximum absolute atomic E-state index is 9.62. The number of pyridine rings is 1. The number of benzene rings is 2. The number of rotatable bonds is 4. The topological polar surface area (TPSA) is 71.9 Å². The van der Waals surface area contributed by atoms with Gasteiger partial charge in [0.25, 0.3) is 0 Å². The Hall–Kier alpha value is -2.36. The van der Waals surface area contributed by atoms with Crippen LogP contribution in [0.15, 0.2) is 57.5 Å². The molecule has 3 aromatic rings. The van der Waals surface area contributed by atoms with Gasteiger partial charge in [-0.15, -0.1) is 0 Å². The molecule has 0 radical (unpaired) electrons. The number of nitrogen functional groups attached to an aromatic ring is 1. The fourth-order valence-electron chi connectivity index (χ4n) is 2.66. The van der Waals surface area contributed by atoms with Gasteiger partial charge in [-0.05, 0) is 43.3 Å². The van der Waals surface area contributed by atoms with E-state index in [0.29, 0.717) is 29.2 Å². The van der Waals surface area contributed by atoms with Gasteiger partial charge in [0.15, 0.2) is 0 Å². The second-order valence-corrected chi connectivity index (χ2v) is 7.34. The van der Waals surface area contributed by atoms with Crippen molar-refractivity contribution in [3.8, 4) is 34.2 Å². The minimum atomic E-state index is 0.199. The summed E-state index contributed by atoms with van der Waals surface area (Å²) in [6.07, 6.45) is 0. The number of nitriles is 1. The van der Waals surface area contributed by atoms with E-state index in [2.05, 4.69) is 42.9 Å². The van der Waals surface area contributed by atoms with Gasteiger partial charge in [-0.3, -0.25) is 0 Å². The Balaban J connectivity index is 2.25. The van der Waals surface area contributed by atoms with Crippen molar-refractivity contribution >= 4 is 37.7 Å². The lowest BCUT2D eigenvalue weighted by Crippen LogP contribution is -2.01. The van der Waals surface area contributed by atoms with Crippen LogP contribution in [0.3, 0.4) is 0 Å². The first kappa shape index (κ1) is 18.4. The lowest BCUT2D eigenvalue weighted by atomic mass is 9.97. The van der Waals surface area contributed by atoms with E-state index < -0.39 is 0 Å². The highest BCUT2D eigenvalue weighted by molar-refractivity contribution is 9.10. The molecule has 0 unspecified atom stereocenters. The Morgan fingerprint density at radius 2 is 1.73 bits per heavy atom. The normalized spacial score (nSPS) is 10.4. The van der Waals surface area contributed by atoms with Gasteiger partial charge in [-0.1, -0.05) is 44.0 Å². The molecule has 0 bridgehead atoms. The number of halogens is 2. The summed E-state index contributed by atoms with van der Waals surface area (Å²) < 4.78 is 7.62. The van der Waals surface area contributed by atoms with E-state index in [-0.39, 0.29) is 5.82 Å². The van der Waals surface area contributed by atoms with Crippen molar-refractivity contribution in [1.29, 1.82) is 5.26 Å². The predicted octanol–water partition coefficient (Wildman–Crippen LogP) is 5.79. The van der Waals surface area contributed by atoms with Crippen LogP contribution in [0.5, 0.6) is 5.75 Å². The standard InChI is InChI=1S/C20H15Br2N3O/c1-2-26-19-8-7-14(22)9-16(19)15-10-18(25-20(24)17(15)11-23)12-3-5-13(21)6-4-12/h3-10H,2H2,1H3,(H2,24,25). The Morgan fingerprint density at radius 1 is 1.04 bits per heavy atom. The van der Waals surface area contributed by atoms with Crippen LogP contribution in [-0.2, 0) is 0 Å². The van der Waals surface area contributed by atoms with Gasteiger partial charge >= 0.3 is 0 Å². The summed E-state index contributed by atoms with van der Waals surface area (Å²) in [5.41, 5.74) is 9.55. The molecule has 0 aliphatic rings. The van der Waals surface area contributed by atoms with E-state index in [1.165, 1.54) is 0 Å². The molecule has 0 saturated carbocycles. The smallest absolute Gasteiger partial charge is 0.142 e. The third-order valence-corrected chi connectivity index (χ3v) is 4.85. The number of nitrogens with zero attached hydrogens (tertiary/aromatic N) is 2. The molecule has 0 amide bonds. The van der Waals surface area contributed by atoms with Gasteiger partial charge in [0.1, 0.15) is 23.2 Å². The van der Waals surface area contributed by atoms with Gasteiger partial charge in [-0.2, -0.15) is 5.26 Å². The quantitative estimate of drug-likeness (QED) is 0.521. The highest BCUT2D eigenvalue weighted by atomic mass is 79.9. The number of anilines is 1. The summed E-state index contributed by atoms with van der Waals surface area (Å²) >= 11 is 6.92. The predicted molar refractivity (Wildman–Crippen MR) is 111 cm³/mol. The Bertz CT molecular complexity index is 995. The molecular weight excluding hydrogens is 458 g/mol. The fourth-order valence-corrected chi connectivity index (χ4v) is 3.28. The van der Waals surface area contributed by atoms with Crippen LogP contribution in [0.2, 0.25) is 0 Å². The van der Waals surface area contributed by atoms with Gasteiger partial charge in [0, 0.05) is 25.6 Å². The van der Waals surface area contributed by atoms with Crippen molar-refractivity contribution in [1.82, 2.24) is 4.98 Å². The number of hydrogen-bond donors (Lipinski definition) is 1. The average Bonchev–Trinajstić information content (AvgIpc) is 2.63. The lowest BCUT2D eigenvalue weighted by Gasteiger charge is -2.14. The fraction of sp³-hybridized carbons (Fsp3) is 0.100. The molecule has 0 aliphatic heterocycles. The van der Waals surface area contributed by atoms with Crippen molar-refractivity contribution in [3.05, 3.63) is 63.0 Å². The monoisotopic (exact) mass is 471 g/mol. The third-order valence-electron chi connectivity index (χ3n) is 3.83. The second kappa shape index (κ2) is 7.90. The van der Waals surface area contributed by atoms with Gasteiger partial charge < -0.3 is 10.5 Å². The van der Waals surface area contributed by atoms with Gasteiger partial charge in [0.2, 0.25) is 0 Å². The molecule has 130 valence electrons. The Labute approximate surface area is 168 Å². The lowest BCUT2D eigenvalue weighted by molar-refractivity contribution is 0.341. The number of aromatic nitrogens is 1. The van der Waals surface area contributed by atoms with Gasteiger partial charge in [0.05, 0.1) is 12.3 Å². The molecule has 26 heavy (non-hydrogen) atoms. The summed E-state index contributed by atoms with van der Waals surface area (Å²) in [6.45, 7) is 2.45. The maximum Gasteiger partial charge on any atom is 0.142 e. The highest BCUT2D eigenvalue weighted by Crippen LogP contribution is 2.38. The van der Waals surface area contributed by atoms with Crippen molar-refractivity contribution in [2.45, 2.75) is 6.92 Å². The molecule has 3 rings (SSSR count). The van der Waals surface area contributed by atoms with E-state index in [4.69, 9.17) is 10.5 Å². The molecule has 0 atom stereocenters. The molecule has 0 aliphatic carbocycles. The van der Waals surface area contributed by atoms with Gasteiger partial charge in [-0.25, -0.2) is 4.98 Å². The van der Waals surface area contributed by atoms with Crippen molar-refractivity contribution in [2.24, 2.45) is 0 Å². The minimum absolute atomic E-state index is 0.199. The highest BCUT2D eigenvalue weighted by Gasteiger charge is 2.17. The summed E-state index contributed by atoms with van der Waals surface area (Å²) in [5, 5.41) is 9.62. The second-order valence-electron chi connectivity index (χ2n) is 5.51. The van der Waals surface area contributed by atoms with Crippen molar-refractivity contribution in [2.75, 3.05) is 12.3 Å². The van der Waals surface area contributed by atoms with Crippen LogP contribution in [0.4, 0.5) is 5.82 Å². The van der Waals surface area contributed by atoms with Crippen LogP contribution in [0.25, 0.3) is 22.4 Å². The zero-order valence-electron chi connectivity index (χ0n) is 14.0. The molecule has 0 fully saturated rings. The van der Waals surface area contributed by atoms with Crippen LogP contribution < -0.4 is 10.5 Å². The molecule has 1 aromatic heterocycles. The van der Waals surface area contributed by atoms with Crippen molar-refractivity contribution < 1.29 is 4.74 Å². The zero-order chi connectivity index (χ0) is 18.7. The minimum Gasteiger partial charge on any atom is -0.493 e. The number of nitrogens with two attached hydrogens (primary N) is 1. The van der Waals surface area contributed by atoms with E-state index in [1.54, 1.807) is 0 Å². The van der Waals surface area contributed by atoms with E-state index >= 15 is 0 Å². The maximum atomic E-state index is 9.62. The Morgan fingerprint density at radius 3 is 2.38 bits per heavy atom. The van der Waals surface area contributed by atoms with Crippen molar-refractivity contribution in [3.63, 3.8) is 0 Å². The molecule has 1 heterocycles. The molecule has 0 saturated heterocycles. The van der Waals surface area contributed by atoms with E-state index in [9.17, 15) is 5.26 Å². The molecule has 2 N–H and O–H groups in total. The summed E-state index contributed by atoms with van der Waals surface area (Å²) in [4.78, 5) is 4.42. The third kappa shape index (κ3) is 3.74. The molecule has 0 spiro atoms. The average molecular weight is 473 g/mol. The number of hydrogen-bond acceptors (Lipinski definition) is 4. The van der Waals surface area contributed by atoms with E-state index in [0.717, 1.165) is 20.1 Å². The van der Waals surface area contributed by atoms with Crippen LogP contribution in [0, 0.1) is 11.3 Å². The van der Waals surface area contributed by atoms with E-state index in [1.807, 2.05) is 55.5 Å².